The van der Waals surface area contributed by atoms with Gasteiger partial charge in [0.05, 0.1) is 12.0 Å². The molecule has 1 aliphatic carbocycles. The normalized spacial score (nSPS) is 30.5. The van der Waals surface area contributed by atoms with Crippen molar-refractivity contribution < 1.29 is 13.9 Å². The van der Waals surface area contributed by atoms with Gasteiger partial charge in [-0.1, -0.05) is 0 Å². The summed E-state index contributed by atoms with van der Waals surface area (Å²) in [6, 6.07) is 4.89. The first-order chi connectivity index (χ1) is 9.15. The van der Waals surface area contributed by atoms with Crippen LogP contribution in [0.5, 0.6) is 5.75 Å². The van der Waals surface area contributed by atoms with Gasteiger partial charge < -0.3 is 4.74 Å². The number of ether oxygens (including phenoxy) is 1. The molecule has 4 heteroatoms. The molecule has 100 valence electrons. The standard InChI is InChI=1S/C15H16FNO2/c16-10-1-4-12-13(18)8-15(19-14(12)7-10)5-6-17(9-15)11-2-3-11/h1,4,7,11H,2-3,5-6,8-9H2. The SMILES string of the molecule is O=C1CC2(CCN(C3CC3)C2)Oc2cc(F)ccc21. The molecule has 2 heterocycles. The zero-order chi connectivity index (χ0) is 13.0. The predicted octanol–water partition coefficient (Wildman–Crippen LogP) is 2.40. The van der Waals surface area contributed by atoms with Gasteiger partial charge in [0.1, 0.15) is 17.2 Å². The molecule has 0 bridgehead atoms. The molecule has 1 atom stereocenters. The maximum atomic E-state index is 13.3. The molecule has 0 amide bonds. The monoisotopic (exact) mass is 261 g/mol. The van der Waals surface area contributed by atoms with E-state index in [2.05, 4.69) is 4.90 Å². The summed E-state index contributed by atoms with van der Waals surface area (Å²) in [5.74, 6) is 0.161. The number of hydrogen-bond donors (Lipinski definition) is 0. The number of Topliss-reactive ketones (excluding diaryl/α,β-unsaturated/α-hetero) is 1. The Hall–Kier alpha value is -1.42. The highest BCUT2D eigenvalue weighted by Crippen LogP contribution is 2.41. The number of halogens is 1. The first kappa shape index (κ1) is 11.4. The lowest BCUT2D eigenvalue weighted by Gasteiger charge is -2.34. The predicted molar refractivity (Wildman–Crippen MR) is 67.9 cm³/mol. The highest BCUT2D eigenvalue weighted by Gasteiger charge is 2.48. The number of benzene rings is 1. The number of hydrogen-bond acceptors (Lipinski definition) is 3. The van der Waals surface area contributed by atoms with Gasteiger partial charge in [-0.2, -0.15) is 0 Å². The van der Waals surface area contributed by atoms with E-state index < -0.39 is 5.60 Å². The topological polar surface area (TPSA) is 29.5 Å². The molecule has 1 saturated heterocycles. The molecular weight excluding hydrogens is 245 g/mol. The minimum Gasteiger partial charge on any atom is -0.485 e. The van der Waals surface area contributed by atoms with Gasteiger partial charge in [0.2, 0.25) is 0 Å². The second kappa shape index (κ2) is 3.79. The zero-order valence-corrected chi connectivity index (χ0v) is 10.7. The summed E-state index contributed by atoms with van der Waals surface area (Å²) in [6.45, 7) is 1.79. The van der Waals surface area contributed by atoms with Crippen molar-refractivity contribution in [2.45, 2.75) is 37.3 Å². The summed E-state index contributed by atoms with van der Waals surface area (Å²) in [5.41, 5.74) is 0.109. The van der Waals surface area contributed by atoms with Crippen LogP contribution in [-0.2, 0) is 0 Å². The minimum absolute atomic E-state index is 0.0823. The summed E-state index contributed by atoms with van der Waals surface area (Å²) in [4.78, 5) is 14.6. The van der Waals surface area contributed by atoms with Gasteiger partial charge >= 0.3 is 0 Å². The van der Waals surface area contributed by atoms with Crippen LogP contribution >= 0.6 is 0 Å². The lowest BCUT2D eigenvalue weighted by molar-refractivity contribution is 0.0452. The third-order valence-electron chi connectivity index (χ3n) is 4.46. The molecule has 1 unspecified atom stereocenters. The highest BCUT2D eigenvalue weighted by atomic mass is 19.1. The molecule has 0 aromatic heterocycles. The molecule has 4 rings (SSSR count). The van der Waals surface area contributed by atoms with Crippen LogP contribution in [-0.4, -0.2) is 35.4 Å². The Kier molecular flexibility index (Phi) is 2.28. The molecule has 0 radical (unpaired) electrons. The van der Waals surface area contributed by atoms with Crippen LogP contribution < -0.4 is 4.74 Å². The second-order valence-corrected chi connectivity index (χ2v) is 5.98. The van der Waals surface area contributed by atoms with E-state index in [4.69, 9.17) is 4.74 Å². The van der Waals surface area contributed by atoms with Crippen molar-refractivity contribution in [1.29, 1.82) is 0 Å². The van der Waals surface area contributed by atoms with Crippen LogP contribution in [0.1, 0.15) is 36.0 Å². The Bertz CT molecular complexity index is 555. The van der Waals surface area contributed by atoms with Crippen LogP contribution in [0, 0.1) is 5.82 Å². The lowest BCUT2D eigenvalue weighted by atomic mass is 9.89. The summed E-state index contributed by atoms with van der Waals surface area (Å²) in [6.07, 6.45) is 3.81. The maximum absolute atomic E-state index is 13.3. The van der Waals surface area contributed by atoms with Crippen molar-refractivity contribution in [3.05, 3.63) is 29.6 Å². The molecule has 1 saturated carbocycles. The minimum atomic E-state index is -0.416. The Morgan fingerprint density at radius 2 is 2.21 bits per heavy atom. The molecule has 0 N–H and O–H groups in total. The molecule has 1 aromatic rings. The van der Waals surface area contributed by atoms with Crippen LogP contribution in [0.25, 0.3) is 0 Å². The van der Waals surface area contributed by atoms with Crippen LogP contribution in [0.3, 0.4) is 0 Å². The molecule has 2 aliphatic heterocycles. The summed E-state index contributed by atoms with van der Waals surface area (Å²) in [5, 5.41) is 0. The Morgan fingerprint density at radius 1 is 1.37 bits per heavy atom. The van der Waals surface area contributed by atoms with Crippen LogP contribution in [0.2, 0.25) is 0 Å². The highest BCUT2D eigenvalue weighted by molar-refractivity contribution is 6.00. The number of carbonyl (C=O) groups excluding carboxylic acids is 1. The molecule has 2 fully saturated rings. The molecule has 1 spiro atoms. The van der Waals surface area contributed by atoms with E-state index in [-0.39, 0.29) is 11.6 Å². The van der Waals surface area contributed by atoms with Gasteiger partial charge in [-0.05, 0) is 25.0 Å². The third-order valence-corrected chi connectivity index (χ3v) is 4.46. The Morgan fingerprint density at radius 3 is 3.00 bits per heavy atom. The summed E-state index contributed by atoms with van der Waals surface area (Å²) >= 11 is 0. The summed E-state index contributed by atoms with van der Waals surface area (Å²) in [7, 11) is 0. The first-order valence-electron chi connectivity index (χ1n) is 6.91. The van der Waals surface area contributed by atoms with Crippen molar-refractivity contribution in [1.82, 2.24) is 4.90 Å². The Labute approximate surface area is 111 Å². The second-order valence-electron chi connectivity index (χ2n) is 5.98. The van der Waals surface area contributed by atoms with E-state index in [1.165, 1.54) is 31.0 Å². The number of fused-ring (bicyclic) bond motifs is 1. The van der Waals surface area contributed by atoms with Gasteiger partial charge in [0.15, 0.2) is 5.78 Å². The smallest absolute Gasteiger partial charge is 0.170 e. The molecule has 3 nitrogen and oxygen atoms in total. The van der Waals surface area contributed by atoms with Crippen molar-refractivity contribution in [2.75, 3.05) is 13.1 Å². The average molecular weight is 261 g/mol. The van der Waals surface area contributed by atoms with Gasteiger partial charge in [-0.3, -0.25) is 9.69 Å². The van der Waals surface area contributed by atoms with Crippen LogP contribution in [0.4, 0.5) is 4.39 Å². The fourth-order valence-corrected chi connectivity index (χ4v) is 3.32. The fraction of sp³-hybridized carbons (Fsp3) is 0.533. The summed E-state index contributed by atoms with van der Waals surface area (Å²) < 4.78 is 19.3. The van der Waals surface area contributed by atoms with Crippen molar-refractivity contribution in [3.63, 3.8) is 0 Å². The largest absolute Gasteiger partial charge is 0.485 e. The first-order valence-corrected chi connectivity index (χ1v) is 6.91. The fourth-order valence-electron chi connectivity index (χ4n) is 3.32. The number of carbonyl (C=O) groups is 1. The van der Waals surface area contributed by atoms with Gasteiger partial charge in [-0.25, -0.2) is 4.39 Å². The number of rotatable bonds is 1. The van der Waals surface area contributed by atoms with Crippen molar-refractivity contribution >= 4 is 5.78 Å². The molecule has 19 heavy (non-hydrogen) atoms. The van der Waals surface area contributed by atoms with Crippen molar-refractivity contribution in [3.8, 4) is 5.75 Å². The van der Waals surface area contributed by atoms with Gasteiger partial charge in [-0.15, -0.1) is 0 Å². The number of nitrogens with zero attached hydrogens (tertiary/aromatic N) is 1. The van der Waals surface area contributed by atoms with Crippen LogP contribution in [0.15, 0.2) is 18.2 Å². The lowest BCUT2D eigenvalue weighted by Crippen LogP contribution is -2.44. The quantitative estimate of drug-likeness (QED) is 0.777. The van der Waals surface area contributed by atoms with E-state index in [1.54, 1.807) is 0 Å². The zero-order valence-electron chi connectivity index (χ0n) is 10.7. The number of likely N-dealkylation sites (tertiary alicyclic amines) is 1. The van der Waals surface area contributed by atoms with E-state index >= 15 is 0 Å². The molecule has 3 aliphatic rings. The van der Waals surface area contributed by atoms with E-state index in [1.807, 2.05) is 0 Å². The van der Waals surface area contributed by atoms with Gasteiger partial charge in [0, 0.05) is 31.6 Å². The third kappa shape index (κ3) is 1.86. The van der Waals surface area contributed by atoms with Crippen molar-refractivity contribution in [2.24, 2.45) is 0 Å². The Balaban J connectivity index is 1.65. The van der Waals surface area contributed by atoms with E-state index in [0.717, 1.165) is 19.5 Å². The van der Waals surface area contributed by atoms with E-state index in [9.17, 15) is 9.18 Å². The number of ketones is 1. The van der Waals surface area contributed by atoms with E-state index in [0.29, 0.717) is 23.8 Å². The molecular formula is C15H16FNO2. The average Bonchev–Trinajstić information content (AvgIpc) is 3.13. The maximum Gasteiger partial charge on any atom is 0.170 e. The van der Waals surface area contributed by atoms with Gasteiger partial charge in [0.25, 0.3) is 0 Å². The molecule has 1 aromatic carbocycles.